The Bertz CT molecular complexity index is 1940. The van der Waals surface area contributed by atoms with Gasteiger partial charge in [-0.3, -0.25) is 24.4 Å². The van der Waals surface area contributed by atoms with Crippen molar-refractivity contribution in [1.29, 1.82) is 0 Å². The highest BCUT2D eigenvalue weighted by Gasteiger charge is 2.32. The molecule has 18 heteroatoms. The van der Waals surface area contributed by atoms with Crippen molar-refractivity contribution in [3.63, 3.8) is 0 Å². The summed E-state index contributed by atoms with van der Waals surface area (Å²) >= 11 is 0. The van der Waals surface area contributed by atoms with Gasteiger partial charge in [-0.05, 0) is 48.4 Å². The number of nitrogens with zero attached hydrogens (tertiary/aromatic N) is 1. The monoisotopic (exact) mass is 754 g/mol. The van der Waals surface area contributed by atoms with Crippen LogP contribution in [0.2, 0.25) is 0 Å². The van der Waals surface area contributed by atoms with Crippen LogP contribution in [-0.4, -0.2) is 71.7 Å². The predicted octanol–water partition coefficient (Wildman–Crippen LogP) is 4.60. The minimum atomic E-state index is -4.06. The van der Waals surface area contributed by atoms with Crippen LogP contribution in [0.15, 0.2) is 60.0 Å². The van der Waals surface area contributed by atoms with Crippen LogP contribution in [0.5, 0.6) is 23.0 Å². The van der Waals surface area contributed by atoms with Crippen molar-refractivity contribution < 1.29 is 60.9 Å². The van der Waals surface area contributed by atoms with Gasteiger partial charge in [-0.1, -0.05) is 12.1 Å². The summed E-state index contributed by atoms with van der Waals surface area (Å²) in [7, 11) is 1.65. The number of amides is 4. The van der Waals surface area contributed by atoms with E-state index in [2.05, 4.69) is 15.4 Å². The summed E-state index contributed by atoms with van der Waals surface area (Å²) in [5, 5.41) is 6.61. The van der Waals surface area contributed by atoms with E-state index in [4.69, 9.17) is 28.5 Å². The van der Waals surface area contributed by atoms with E-state index in [1.54, 1.807) is 36.4 Å². The van der Waals surface area contributed by atoms with Crippen LogP contribution in [0.25, 0.3) is 6.08 Å². The Morgan fingerprint density at radius 1 is 0.774 bits per heavy atom. The van der Waals surface area contributed by atoms with Gasteiger partial charge in [0.25, 0.3) is 21.8 Å². The molecule has 3 aromatic carbocycles. The van der Waals surface area contributed by atoms with Gasteiger partial charge in [-0.15, -0.1) is 5.06 Å². The van der Waals surface area contributed by atoms with Crippen LogP contribution in [0.1, 0.15) is 43.2 Å². The Labute approximate surface area is 305 Å². The van der Waals surface area contributed by atoms with E-state index in [9.17, 15) is 32.4 Å². The molecule has 1 aliphatic rings. The van der Waals surface area contributed by atoms with Crippen molar-refractivity contribution in [2.75, 3.05) is 43.8 Å². The maximum atomic E-state index is 13.0. The molecule has 0 saturated carbocycles. The number of anilines is 3. The van der Waals surface area contributed by atoms with Gasteiger partial charge >= 0.3 is 12.1 Å². The first-order valence-corrected chi connectivity index (χ1v) is 17.5. The van der Waals surface area contributed by atoms with E-state index in [-0.39, 0.29) is 61.7 Å². The number of imide groups is 1. The number of rotatable bonds is 17. The molecule has 0 atom stereocenters. The molecule has 53 heavy (non-hydrogen) atoms. The van der Waals surface area contributed by atoms with Crippen LogP contribution < -0.4 is 34.3 Å². The standard InChI is InChI=1S/C35H38N4O13S/c1-47-25-19-29(49-3)26(30(20-25)50-4)16-17-53(45,46)38-24-12-13-28(48-2)27(18-24)37-35(44)51-21-22-8-10-23(11-9-22)36-31(40)6-5-7-34(43)52-39-32(41)14-15-33(39)42/h8-13,16-20,38H,5-7,14-15,21H2,1-4H3,(H,36,40)(H,37,44)/b17-16+. The fraction of sp³-hybridized carbons (Fsp3) is 0.286. The minimum absolute atomic E-state index is 0.00883. The molecule has 0 aromatic heterocycles. The number of sulfonamides is 1. The highest BCUT2D eigenvalue weighted by Crippen LogP contribution is 2.35. The zero-order valence-corrected chi connectivity index (χ0v) is 30.1. The van der Waals surface area contributed by atoms with Gasteiger partial charge in [0.1, 0.15) is 29.6 Å². The summed E-state index contributed by atoms with van der Waals surface area (Å²) in [5.41, 5.74) is 1.67. The average Bonchev–Trinajstić information content (AvgIpc) is 3.45. The fourth-order valence-electron chi connectivity index (χ4n) is 4.82. The number of hydroxylamine groups is 2. The van der Waals surface area contributed by atoms with Crippen molar-refractivity contribution in [3.8, 4) is 23.0 Å². The summed E-state index contributed by atoms with van der Waals surface area (Å²) in [6, 6.07) is 13.9. The van der Waals surface area contributed by atoms with Crippen LogP contribution in [0, 0.1) is 0 Å². The summed E-state index contributed by atoms with van der Waals surface area (Å²) in [6.45, 7) is -0.137. The van der Waals surface area contributed by atoms with Crippen LogP contribution in [-0.2, 0) is 45.4 Å². The van der Waals surface area contributed by atoms with E-state index < -0.39 is 33.9 Å². The number of nitrogens with one attached hydrogen (secondary N) is 3. The van der Waals surface area contributed by atoms with Crippen molar-refractivity contribution in [3.05, 3.63) is 71.1 Å². The molecule has 0 radical (unpaired) electrons. The van der Waals surface area contributed by atoms with Crippen molar-refractivity contribution in [2.45, 2.75) is 38.7 Å². The molecule has 0 bridgehead atoms. The Morgan fingerprint density at radius 3 is 2.00 bits per heavy atom. The quantitative estimate of drug-likeness (QED) is 0.161. The number of benzene rings is 3. The summed E-state index contributed by atoms with van der Waals surface area (Å²) < 4.78 is 54.9. The Kier molecular flexibility index (Phi) is 13.6. The maximum absolute atomic E-state index is 13.0. The molecule has 3 N–H and O–H groups in total. The van der Waals surface area contributed by atoms with E-state index in [0.29, 0.717) is 39.1 Å². The number of hydrogen-bond acceptors (Lipinski definition) is 13. The number of carbonyl (C=O) groups excluding carboxylic acids is 5. The number of ether oxygens (including phenoxy) is 5. The fourth-order valence-corrected chi connectivity index (χ4v) is 5.66. The van der Waals surface area contributed by atoms with Gasteiger partial charge in [0.2, 0.25) is 5.91 Å². The molecule has 1 saturated heterocycles. The molecular weight excluding hydrogens is 716 g/mol. The molecule has 3 aromatic rings. The van der Waals surface area contributed by atoms with Gasteiger partial charge in [-0.25, -0.2) is 18.0 Å². The number of methoxy groups -OCH3 is 4. The first kappa shape index (κ1) is 39.5. The molecule has 0 unspecified atom stereocenters. The topological polar surface area (TPSA) is 214 Å². The highest BCUT2D eigenvalue weighted by molar-refractivity contribution is 7.95. The maximum Gasteiger partial charge on any atom is 0.412 e. The molecule has 1 heterocycles. The van der Waals surface area contributed by atoms with E-state index >= 15 is 0 Å². The zero-order valence-electron chi connectivity index (χ0n) is 29.3. The van der Waals surface area contributed by atoms with Crippen molar-refractivity contribution >= 4 is 62.9 Å². The second kappa shape index (κ2) is 18.3. The van der Waals surface area contributed by atoms with E-state index in [0.717, 1.165) is 5.41 Å². The highest BCUT2D eigenvalue weighted by atomic mass is 32.2. The normalized spacial score (nSPS) is 12.6. The summed E-state index contributed by atoms with van der Waals surface area (Å²) in [6.07, 6.45) is 0.401. The molecule has 17 nitrogen and oxygen atoms in total. The number of hydrogen-bond donors (Lipinski definition) is 3. The van der Waals surface area contributed by atoms with Crippen LogP contribution in [0.3, 0.4) is 0 Å². The second-order valence-corrected chi connectivity index (χ2v) is 12.7. The lowest BCUT2D eigenvalue weighted by Gasteiger charge is -2.14. The van der Waals surface area contributed by atoms with Gasteiger partial charge in [-0.2, -0.15) is 0 Å². The lowest BCUT2D eigenvalue weighted by atomic mass is 10.1. The zero-order chi connectivity index (χ0) is 38.5. The lowest BCUT2D eigenvalue weighted by Crippen LogP contribution is -2.32. The predicted molar refractivity (Wildman–Crippen MR) is 191 cm³/mol. The average molecular weight is 755 g/mol. The third-order valence-electron chi connectivity index (χ3n) is 7.45. The van der Waals surface area contributed by atoms with Gasteiger partial charge < -0.3 is 33.8 Å². The largest absolute Gasteiger partial charge is 0.496 e. The smallest absolute Gasteiger partial charge is 0.412 e. The summed E-state index contributed by atoms with van der Waals surface area (Å²) in [5.74, 6) is -0.970. The minimum Gasteiger partial charge on any atom is -0.496 e. The first-order chi connectivity index (χ1) is 25.3. The van der Waals surface area contributed by atoms with Crippen LogP contribution in [0.4, 0.5) is 21.9 Å². The molecule has 0 aliphatic carbocycles. The third kappa shape index (κ3) is 11.3. The molecular formula is C35H38N4O13S. The van der Waals surface area contributed by atoms with Gasteiger partial charge in [0.15, 0.2) is 0 Å². The van der Waals surface area contributed by atoms with Crippen molar-refractivity contribution in [2.24, 2.45) is 0 Å². The Hall–Kier alpha value is -6.30. The molecule has 4 amide bonds. The van der Waals surface area contributed by atoms with Gasteiger partial charge in [0, 0.05) is 43.5 Å². The lowest BCUT2D eigenvalue weighted by molar-refractivity contribution is -0.197. The second-order valence-electron chi connectivity index (χ2n) is 11.2. The molecule has 282 valence electrons. The van der Waals surface area contributed by atoms with Crippen LogP contribution >= 0.6 is 0 Å². The van der Waals surface area contributed by atoms with Gasteiger partial charge in [0.05, 0.1) is 50.8 Å². The van der Waals surface area contributed by atoms with E-state index in [1.807, 2.05) is 0 Å². The Balaban J connectivity index is 1.27. The molecule has 0 spiro atoms. The van der Waals surface area contributed by atoms with E-state index in [1.165, 1.54) is 52.7 Å². The summed E-state index contributed by atoms with van der Waals surface area (Å²) in [4.78, 5) is 64.7. The number of carbonyl (C=O) groups is 5. The SMILES string of the molecule is COc1cc(OC)c(/C=C/S(=O)(=O)Nc2ccc(OC)c(NC(=O)OCc3ccc(NC(=O)CCCC(=O)ON4C(=O)CCC4=O)cc3)c2)c(OC)c1. The third-order valence-corrected chi connectivity index (χ3v) is 8.47. The molecule has 4 rings (SSSR count). The van der Waals surface area contributed by atoms with Crippen molar-refractivity contribution in [1.82, 2.24) is 5.06 Å². The Morgan fingerprint density at radius 2 is 1.40 bits per heavy atom. The molecule has 1 fully saturated rings. The molecule has 1 aliphatic heterocycles. The first-order valence-electron chi connectivity index (χ1n) is 15.9.